The zero-order chi connectivity index (χ0) is 22.4. The van der Waals surface area contributed by atoms with E-state index >= 15 is 0 Å². The van der Waals surface area contributed by atoms with Crippen LogP contribution in [0.5, 0.6) is 0 Å². The molecule has 1 aliphatic heterocycles. The van der Waals surface area contributed by atoms with Crippen LogP contribution >= 0.6 is 0 Å². The number of rotatable bonds is 8. The summed E-state index contributed by atoms with van der Waals surface area (Å²) in [6.07, 6.45) is 0. The van der Waals surface area contributed by atoms with Crippen LogP contribution in [-0.2, 0) is 16.6 Å². The van der Waals surface area contributed by atoms with E-state index in [-0.39, 0.29) is 12.3 Å². The minimum absolute atomic E-state index is 0.0367. The van der Waals surface area contributed by atoms with E-state index in [0.29, 0.717) is 29.9 Å². The van der Waals surface area contributed by atoms with Gasteiger partial charge in [-0.1, -0.05) is 30.3 Å². The minimum Gasteiger partial charge on any atom is -0.309 e. The maximum atomic E-state index is 13.4. The molecule has 4 N–H and O–H groups in total. The standard InChI is InChI=1S/C22H31N5O3S/c1-17-14-26(15-18(2)24-17)12-13-31(29,30)27(21-6-4-3-5-7-21)16-19-8-10-20(11-9-19)22(28)25-23/h3-11,17-18,24H,12-16,23H2,1-2H3,(H,25,28)/t17-,18+. The fourth-order valence-electron chi connectivity index (χ4n) is 3.93. The predicted octanol–water partition coefficient (Wildman–Crippen LogP) is 1.31. The van der Waals surface area contributed by atoms with E-state index in [0.717, 1.165) is 18.7 Å². The number of nitrogens with one attached hydrogen (secondary N) is 2. The number of amides is 1. The lowest BCUT2D eigenvalue weighted by Crippen LogP contribution is -2.55. The molecule has 2 aromatic carbocycles. The summed E-state index contributed by atoms with van der Waals surface area (Å²) in [7, 11) is -3.57. The summed E-state index contributed by atoms with van der Waals surface area (Å²) in [6.45, 7) is 6.55. The number of sulfonamides is 1. The van der Waals surface area contributed by atoms with E-state index in [4.69, 9.17) is 5.84 Å². The van der Waals surface area contributed by atoms with Gasteiger partial charge in [-0.3, -0.25) is 19.4 Å². The van der Waals surface area contributed by atoms with Crippen molar-refractivity contribution < 1.29 is 13.2 Å². The van der Waals surface area contributed by atoms with E-state index in [2.05, 4.69) is 29.5 Å². The Morgan fingerprint density at radius 3 is 2.29 bits per heavy atom. The lowest BCUT2D eigenvalue weighted by molar-refractivity contribution is 0.0953. The Morgan fingerprint density at radius 2 is 1.71 bits per heavy atom. The first-order valence-corrected chi connectivity index (χ1v) is 12.0. The molecule has 8 nitrogen and oxygen atoms in total. The van der Waals surface area contributed by atoms with E-state index in [1.54, 1.807) is 36.4 Å². The SMILES string of the molecule is C[C@@H]1CN(CCS(=O)(=O)N(Cc2ccc(C(=O)NN)cc2)c2ccccc2)C[C@H](C)N1. The van der Waals surface area contributed by atoms with Crippen molar-refractivity contribution in [3.05, 3.63) is 65.7 Å². The Balaban J connectivity index is 1.77. The molecule has 2 atom stereocenters. The van der Waals surface area contributed by atoms with E-state index in [1.165, 1.54) is 4.31 Å². The van der Waals surface area contributed by atoms with Crippen LogP contribution in [0.15, 0.2) is 54.6 Å². The van der Waals surface area contributed by atoms with Gasteiger partial charge in [0.15, 0.2) is 0 Å². The minimum atomic E-state index is -3.57. The van der Waals surface area contributed by atoms with Gasteiger partial charge in [0.05, 0.1) is 18.0 Å². The van der Waals surface area contributed by atoms with Crippen molar-refractivity contribution in [2.75, 3.05) is 29.7 Å². The smallest absolute Gasteiger partial charge is 0.265 e. The summed E-state index contributed by atoms with van der Waals surface area (Å²) >= 11 is 0. The van der Waals surface area contributed by atoms with Gasteiger partial charge in [-0.05, 0) is 43.7 Å². The van der Waals surface area contributed by atoms with Gasteiger partial charge in [-0.15, -0.1) is 0 Å². The molecule has 0 spiro atoms. The highest BCUT2D eigenvalue weighted by molar-refractivity contribution is 7.92. The number of hydrazine groups is 1. The second-order valence-electron chi connectivity index (χ2n) is 8.06. The largest absolute Gasteiger partial charge is 0.309 e. The zero-order valence-corrected chi connectivity index (χ0v) is 18.8. The number of piperazine rings is 1. The lowest BCUT2D eigenvalue weighted by atomic mass is 10.1. The van der Waals surface area contributed by atoms with Crippen molar-refractivity contribution in [1.29, 1.82) is 0 Å². The van der Waals surface area contributed by atoms with Crippen LogP contribution in [0, 0.1) is 0 Å². The number of nitrogens with two attached hydrogens (primary N) is 1. The maximum absolute atomic E-state index is 13.4. The van der Waals surface area contributed by atoms with Crippen LogP contribution in [0.2, 0.25) is 0 Å². The van der Waals surface area contributed by atoms with E-state index in [9.17, 15) is 13.2 Å². The van der Waals surface area contributed by atoms with Crippen LogP contribution in [-0.4, -0.2) is 56.7 Å². The Bertz CT molecular complexity index is 956. The summed E-state index contributed by atoms with van der Waals surface area (Å²) in [5.41, 5.74) is 3.91. The first-order valence-electron chi connectivity index (χ1n) is 10.4. The van der Waals surface area contributed by atoms with Gasteiger partial charge < -0.3 is 5.32 Å². The molecule has 0 unspecified atom stereocenters. The third kappa shape index (κ3) is 6.27. The van der Waals surface area contributed by atoms with Gasteiger partial charge in [0.1, 0.15) is 0 Å². The van der Waals surface area contributed by atoms with Crippen LogP contribution in [0.4, 0.5) is 5.69 Å². The average Bonchev–Trinajstić information content (AvgIpc) is 2.76. The molecule has 1 heterocycles. The van der Waals surface area contributed by atoms with Crippen LogP contribution in [0.3, 0.4) is 0 Å². The summed E-state index contributed by atoms with van der Waals surface area (Å²) in [4.78, 5) is 13.9. The monoisotopic (exact) mass is 445 g/mol. The van der Waals surface area contributed by atoms with Gasteiger partial charge in [0.25, 0.3) is 5.91 Å². The number of carbonyl (C=O) groups excluding carboxylic acids is 1. The molecule has 0 aromatic heterocycles. The molecule has 0 aliphatic carbocycles. The summed E-state index contributed by atoms with van der Waals surface area (Å²) < 4.78 is 28.2. The lowest BCUT2D eigenvalue weighted by Gasteiger charge is -2.36. The molecular formula is C22H31N5O3S. The Labute approximate surface area is 184 Å². The van der Waals surface area contributed by atoms with Crippen LogP contribution in [0.25, 0.3) is 0 Å². The highest BCUT2D eigenvalue weighted by atomic mass is 32.2. The second-order valence-corrected chi connectivity index (χ2v) is 10.1. The number of hydrogen-bond donors (Lipinski definition) is 3. The normalized spacial score (nSPS) is 19.7. The molecule has 1 amide bonds. The van der Waals surface area contributed by atoms with E-state index in [1.807, 2.05) is 18.2 Å². The van der Waals surface area contributed by atoms with Crippen molar-refractivity contribution in [3.8, 4) is 0 Å². The number of hydrogen-bond acceptors (Lipinski definition) is 6. The highest BCUT2D eigenvalue weighted by Crippen LogP contribution is 2.22. The second kappa shape index (κ2) is 10.2. The van der Waals surface area contributed by atoms with Crippen molar-refractivity contribution >= 4 is 21.6 Å². The summed E-state index contributed by atoms with van der Waals surface area (Å²) in [5, 5.41) is 3.47. The molecule has 1 aliphatic rings. The molecule has 9 heteroatoms. The predicted molar refractivity (Wildman–Crippen MR) is 123 cm³/mol. The first-order chi connectivity index (χ1) is 14.8. The fourth-order valence-corrected chi connectivity index (χ4v) is 5.43. The third-order valence-corrected chi connectivity index (χ3v) is 7.06. The molecule has 1 fully saturated rings. The summed E-state index contributed by atoms with van der Waals surface area (Å²) in [5.74, 6) is 4.82. The quantitative estimate of drug-likeness (QED) is 0.321. The van der Waals surface area contributed by atoms with Crippen LogP contribution < -0.4 is 20.9 Å². The van der Waals surface area contributed by atoms with Crippen LogP contribution in [0.1, 0.15) is 29.8 Å². The average molecular weight is 446 g/mol. The number of nitrogen functional groups attached to an aromatic ring is 1. The van der Waals surface area contributed by atoms with Gasteiger partial charge in [0, 0.05) is 37.3 Å². The number of anilines is 1. The molecule has 0 radical (unpaired) electrons. The summed E-state index contributed by atoms with van der Waals surface area (Å²) in [6, 6.07) is 16.5. The topological polar surface area (TPSA) is 108 Å². The molecule has 1 saturated heterocycles. The molecule has 2 aromatic rings. The number of carbonyl (C=O) groups is 1. The highest BCUT2D eigenvalue weighted by Gasteiger charge is 2.26. The van der Waals surface area contributed by atoms with Crippen molar-refractivity contribution in [1.82, 2.24) is 15.6 Å². The van der Waals surface area contributed by atoms with Crippen molar-refractivity contribution in [3.63, 3.8) is 0 Å². The fraction of sp³-hybridized carbons (Fsp3) is 0.409. The zero-order valence-electron chi connectivity index (χ0n) is 18.0. The molecule has 0 saturated carbocycles. The Hall–Kier alpha value is -2.46. The molecule has 0 bridgehead atoms. The molecule has 168 valence electrons. The molecule has 3 rings (SSSR count). The number of nitrogens with zero attached hydrogens (tertiary/aromatic N) is 2. The molecule has 31 heavy (non-hydrogen) atoms. The Kier molecular flexibility index (Phi) is 7.66. The Morgan fingerprint density at radius 1 is 1.10 bits per heavy atom. The van der Waals surface area contributed by atoms with Gasteiger partial charge in [-0.2, -0.15) is 0 Å². The van der Waals surface area contributed by atoms with Gasteiger partial charge in [0.2, 0.25) is 10.0 Å². The maximum Gasteiger partial charge on any atom is 0.265 e. The van der Waals surface area contributed by atoms with E-state index < -0.39 is 15.9 Å². The third-order valence-electron chi connectivity index (χ3n) is 5.35. The van der Waals surface area contributed by atoms with Crippen molar-refractivity contribution in [2.45, 2.75) is 32.5 Å². The molecular weight excluding hydrogens is 414 g/mol. The number of benzene rings is 2. The first kappa shape index (κ1) is 23.2. The van der Waals surface area contributed by atoms with Gasteiger partial charge in [-0.25, -0.2) is 14.3 Å². The van der Waals surface area contributed by atoms with Gasteiger partial charge >= 0.3 is 0 Å². The number of para-hydroxylation sites is 1. The van der Waals surface area contributed by atoms with Crippen molar-refractivity contribution in [2.24, 2.45) is 5.84 Å².